The number of benzene rings is 2. The van der Waals surface area contributed by atoms with Crippen LogP contribution in [0.3, 0.4) is 0 Å². The van der Waals surface area contributed by atoms with E-state index in [2.05, 4.69) is 10.6 Å². The first-order valence-electron chi connectivity index (χ1n) is 13.0. The fourth-order valence-corrected chi connectivity index (χ4v) is 5.85. The molecule has 0 bridgehead atoms. The molecule has 1 aliphatic rings. The Bertz CT molecular complexity index is 1340. The number of nitrogens with zero attached hydrogens (tertiary/aromatic N) is 2. The monoisotopic (exact) mass is 634 g/mol. The van der Waals surface area contributed by atoms with Gasteiger partial charge in [0.15, 0.2) is 0 Å². The number of amides is 2. The van der Waals surface area contributed by atoms with Crippen molar-refractivity contribution in [2.45, 2.75) is 49.8 Å². The van der Waals surface area contributed by atoms with Crippen LogP contribution in [0.15, 0.2) is 53.4 Å². The molecule has 3 N–H and O–H groups in total. The molecule has 0 aliphatic carbocycles. The van der Waals surface area contributed by atoms with Crippen LogP contribution >= 0.6 is 12.4 Å². The predicted molar refractivity (Wildman–Crippen MR) is 150 cm³/mol. The van der Waals surface area contributed by atoms with Crippen LogP contribution in [0, 0.1) is 0 Å². The molecule has 1 heterocycles. The van der Waals surface area contributed by atoms with Crippen molar-refractivity contribution in [1.82, 2.24) is 19.8 Å². The lowest BCUT2D eigenvalue weighted by Gasteiger charge is -2.39. The summed E-state index contributed by atoms with van der Waals surface area (Å²) in [5, 5.41) is 14.2. The number of hydrogen-bond acceptors (Lipinski definition) is 6. The molecule has 2 amide bonds. The van der Waals surface area contributed by atoms with Crippen molar-refractivity contribution in [2.75, 3.05) is 32.7 Å². The number of halogens is 4. The topological polar surface area (TPSA) is 136 Å². The van der Waals surface area contributed by atoms with Crippen LogP contribution in [0.5, 0.6) is 0 Å². The third kappa shape index (κ3) is 9.15. The molecule has 10 nitrogen and oxygen atoms in total. The lowest BCUT2D eigenvalue weighted by atomic mass is 10.0. The number of piperazine rings is 1. The number of rotatable bonds is 11. The second kappa shape index (κ2) is 14.8. The fourth-order valence-electron chi connectivity index (χ4n) is 4.28. The van der Waals surface area contributed by atoms with Crippen molar-refractivity contribution in [2.24, 2.45) is 0 Å². The molecule has 15 heteroatoms. The maximum atomic E-state index is 13.5. The van der Waals surface area contributed by atoms with E-state index in [0.29, 0.717) is 18.1 Å². The second-order valence-electron chi connectivity index (χ2n) is 9.93. The Morgan fingerprint density at radius 2 is 1.64 bits per heavy atom. The zero-order valence-corrected chi connectivity index (χ0v) is 24.7. The largest absolute Gasteiger partial charge is 0.481 e. The lowest BCUT2D eigenvalue weighted by molar-refractivity contribution is -0.138. The van der Waals surface area contributed by atoms with Gasteiger partial charge in [-0.1, -0.05) is 38.1 Å². The SMILES string of the molecule is CC(C)c1ccc(CNC(=O)C2CN(C(=O)CNCCC(=O)O)CCN2S(=O)(=O)c2ccc(C(F)(F)F)cc2)cc1.Cl. The number of carboxylic acid groups (broad SMARTS) is 1. The molecule has 1 unspecified atom stereocenters. The van der Waals surface area contributed by atoms with E-state index in [-0.39, 0.29) is 58.1 Å². The first-order chi connectivity index (χ1) is 19.2. The molecule has 1 atom stereocenters. The van der Waals surface area contributed by atoms with Gasteiger partial charge in [0, 0.05) is 32.7 Å². The Balaban J connectivity index is 0.00000616. The number of sulfonamides is 1. The lowest BCUT2D eigenvalue weighted by Crippen LogP contribution is -2.62. The van der Waals surface area contributed by atoms with Gasteiger partial charge in [0.05, 0.1) is 23.4 Å². The van der Waals surface area contributed by atoms with Crippen LogP contribution in [0.25, 0.3) is 0 Å². The van der Waals surface area contributed by atoms with Crippen LogP contribution < -0.4 is 10.6 Å². The minimum Gasteiger partial charge on any atom is -0.481 e. The second-order valence-corrected chi connectivity index (χ2v) is 11.8. The summed E-state index contributed by atoms with van der Waals surface area (Å²) in [6.45, 7) is 3.37. The normalized spacial score (nSPS) is 16.1. The van der Waals surface area contributed by atoms with Crippen LogP contribution in [0.1, 0.15) is 42.9 Å². The van der Waals surface area contributed by atoms with Crippen molar-refractivity contribution in [3.05, 3.63) is 65.2 Å². The zero-order chi connectivity index (χ0) is 30.4. The van der Waals surface area contributed by atoms with Gasteiger partial charge in [-0.2, -0.15) is 17.5 Å². The smallest absolute Gasteiger partial charge is 0.416 e. The molecule has 0 spiro atoms. The number of carbonyl (C=O) groups excluding carboxylic acids is 2. The van der Waals surface area contributed by atoms with E-state index in [1.807, 2.05) is 38.1 Å². The van der Waals surface area contributed by atoms with Gasteiger partial charge in [-0.25, -0.2) is 8.42 Å². The zero-order valence-electron chi connectivity index (χ0n) is 23.1. The maximum absolute atomic E-state index is 13.5. The number of hydrogen-bond donors (Lipinski definition) is 3. The van der Waals surface area contributed by atoms with E-state index >= 15 is 0 Å². The van der Waals surface area contributed by atoms with Gasteiger partial charge >= 0.3 is 12.1 Å². The van der Waals surface area contributed by atoms with Crippen LogP contribution in [0.2, 0.25) is 0 Å². The van der Waals surface area contributed by atoms with Gasteiger partial charge in [-0.3, -0.25) is 14.4 Å². The van der Waals surface area contributed by atoms with Crippen molar-refractivity contribution in [3.63, 3.8) is 0 Å². The van der Waals surface area contributed by atoms with Crippen LogP contribution in [0.4, 0.5) is 13.2 Å². The van der Waals surface area contributed by atoms with Gasteiger partial charge < -0.3 is 20.6 Å². The molecule has 2 aromatic rings. The average Bonchev–Trinajstić information content (AvgIpc) is 2.93. The standard InChI is InChI=1S/C27H33F3N4O6S.ClH/c1-18(2)20-5-3-19(4-6-20)15-32-26(38)23-17-33(24(35)16-31-12-11-25(36)37)13-14-34(23)41(39,40)22-9-7-21(8-10-22)27(28,29)30;/h3-10,18,23,31H,11-17H2,1-2H3,(H,32,38)(H,36,37);1H. The maximum Gasteiger partial charge on any atom is 0.416 e. The first-order valence-corrected chi connectivity index (χ1v) is 14.4. The highest BCUT2D eigenvalue weighted by Crippen LogP contribution is 2.31. The van der Waals surface area contributed by atoms with Crippen molar-refractivity contribution in [3.8, 4) is 0 Å². The summed E-state index contributed by atoms with van der Waals surface area (Å²) in [6.07, 6.45) is -4.85. The van der Waals surface area contributed by atoms with E-state index < -0.39 is 50.5 Å². The minimum absolute atomic E-state index is 0. The molecular weight excluding hydrogens is 601 g/mol. The number of nitrogens with one attached hydrogen (secondary N) is 2. The van der Waals surface area contributed by atoms with Crippen molar-refractivity contribution in [1.29, 1.82) is 0 Å². The van der Waals surface area contributed by atoms with E-state index in [1.54, 1.807) is 0 Å². The van der Waals surface area contributed by atoms with Crippen molar-refractivity contribution < 1.29 is 41.1 Å². The van der Waals surface area contributed by atoms with Crippen molar-refractivity contribution >= 4 is 40.2 Å². The highest BCUT2D eigenvalue weighted by molar-refractivity contribution is 7.89. The summed E-state index contributed by atoms with van der Waals surface area (Å²) in [5.74, 6) is -1.86. The molecule has 1 aliphatic heterocycles. The predicted octanol–water partition coefficient (Wildman–Crippen LogP) is 2.83. The first kappa shape index (κ1) is 35.0. The number of carboxylic acids is 1. The van der Waals surface area contributed by atoms with E-state index in [1.165, 1.54) is 4.90 Å². The summed E-state index contributed by atoms with van der Waals surface area (Å²) in [5.41, 5.74) is 0.860. The Morgan fingerprint density at radius 3 is 2.19 bits per heavy atom. The van der Waals surface area contributed by atoms with E-state index in [9.17, 15) is 36.0 Å². The third-order valence-electron chi connectivity index (χ3n) is 6.68. The van der Waals surface area contributed by atoms with Gasteiger partial charge in [-0.05, 0) is 41.3 Å². The Morgan fingerprint density at radius 1 is 1.02 bits per heavy atom. The molecule has 3 rings (SSSR count). The Labute approximate surface area is 248 Å². The van der Waals surface area contributed by atoms with Gasteiger partial charge in [0.2, 0.25) is 21.8 Å². The molecule has 1 fully saturated rings. The number of aliphatic carboxylic acids is 1. The molecule has 42 heavy (non-hydrogen) atoms. The van der Waals surface area contributed by atoms with Gasteiger partial charge in [0.1, 0.15) is 6.04 Å². The highest BCUT2D eigenvalue weighted by atomic mass is 35.5. The molecule has 0 aromatic heterocycles. The molecule has 1 saturated heterocycles. The van der Waals surface area contributed by atoms with Crippen LogP contribution in [-0.2, 0) is 37.1 Å². The highest BCUT2D eigenvalue weighted by Gasteiger charge is 2.41. The van der Waals surface area contributed by atoms with E-state index in [0.717, 1.165) is 27.6 Å². The molecule has 232 valence electrons. The summed E-state index contributed by atoms with van der Waals surface area (Å²) in [4.78, 5) is 37.7. The van der Waals surface area contributed by atoms with E-state index in [4.69, 9.17) is 5.11 Å². The fraction of sp³-hybridized carbons (Fsp3) is 0.444. The molecular formula is C27H34ClF3N4O6S. The average molecular weight is 635 g/mol. The molecule has 0 saturated carbocycles. The molecule has 0 radical (unpaired) electrons. The Hall–Kier alpha value is -3.20. The van der Waals surface area contributed by atoms with Gasteiger partial charge in [-0.15, -0.1) is 12.4 Å². The number of carbonyl (C=O) groups is 3. The Kier molecular flexibility index (Phi) is 12.3. The third-order valence-corrected chi connectivity index (χ3v) is 8.60. The summed E-state index contributed by atoms with van der Waals surface area (Å²) in [6, 6.07) is 9.17. The summed E-state index contributed by atoms with van der Waals surface area (Å²) < 4.78 is 66.9. The number of alkyl halides is 3. The quantitative estimate of drug-likeness (QED) is 0.324. The molecule has 2 aromatic carbocycles. The summed E-state index contributed by atoms with van der Waals surface area (Å²) >= 11 is 0. The van der Waals surface area contributed by atoms with Crippen LogP contribution in [-0.4, -0.2) is 79.3 Å². The van der Waals surface area contributed by atoms with Gasteiger partial charge in [0.25, 0.3) is 0 Å². The summed E-state index contributed by atoms with van der Waals surface area (Å²) in [7, 11) is -4.41. The minimum atomic E-state index is -4.65.